The Labute approximate surface area is 111 Å². The van der Waals surface area contributed by atoms with Crippen LogP contribution in [0.15, 0.2) is 23.1 Å². The molecule has 17 heavy (non-hydrogen) atoms. The second-order valence-corrected chi connectivity index (χ2v) is 5.80. The summed E-state index contributed by atoms with van der Waals surface area (Å²) in [4.78, 5) is 12.1. The molecule has 0 atom stereocenters. The summed E-state index contributed by atoms with van der Waals surface area (Å²) in [6.07, 6.45) is 0. The van der Waals surface area contributed by atoms with Gasteiger partial charge < -0.3 is 0 Å². The van der Waals surface area contributed by atoms with Crippen LogP contribution in [-0.2, 0) is 5.41 Å². The first-order valence-corrected chi connectivity index (χ1v) is 6.67. The van der Waals surface area contributed by atoms with Crippen LogP contribution >= 0.6 is 23.4 Å². The lowest BCUT2D eigenvalue weighted by atomic mass is 9.86. The minimum Gasteiger partial charge on any atom is -0.276 e. The maximum atomic E-state index is 11.3. The van der Waals surface area contributed by atoms with Gasteiger partial charge >= 0.3 is 0 Å². The van der Waals surface area contributed by atoms with Crippen molar-refractivity contribution in [2.75, 3.05) is 5.75 Å². The zero-order chi connectivity index (χ0) is 13.1. The summed E-state index contributed by atoms with van der Waals surface area (Å²) in [5.74, 6) is 0.855. The molecule has 1 aromatic carbocycles. The minimum atomic E-state index is -0.559. The van der Waals surface area contributed by atoms with Crippen LogP contribution in [0, 0.1) is 11.3 Å². The molecule has 0 aliphatic heterocycles. The van der Waals surface area contributed by atoms with Gasteiger partial charge in [0.15, 0.2) is 0 Å². The maximum Gasteiger partial charge on any atom is 0.253 e. The summed E-state index contributed by atoms with van der Waals surface area (Å²) in [5.41, 5.74) is 0.852. The third kappa shape index (κ3) is 3.24. The molecule has 0 unspecified atom stereocenters. The molecule has 0 saturated heterocycles. The summed E-state index contributed by atoms with van der Waals surface area (Å²) in [6.45, 7) is 5.71. The summed E-state index contributed by atoms with van der Waals surface area (Å²) in [5, 5.41) is 8.64. The van der Waals surface area contributed by atoms with Crippen molar-refractivity contribution in [1.82, 2.24) is 0 Å². The van der Waals surface area contributed by atoms with Crippen molar-refractivity contribution in [3.8, 4) is 6.07 Å². The summed E-state index contributed by atoms with van der Waals surface area (Å²) < 4.78 is 0. The molecule has 0 heterocycles. The SMILES string of the molecule is CCSc1cc(C(C)(C)C#N)ccc1C(=O)Cl. The monoisotopic (exact) mass is 267 g/mol. The number of hydrogen-bond acceptors (Lipinski definition) is 3. The van der Waals surface area contributed by atoms with Crippen LogP contribution in [0.1, 0.15) is 36.7 Å². The first-order chi connectivity index (χ1) is 7.92. The van der Waals surface area contributed by atoms with Gasteiger partial charge in [0.05, 0.1) is 11.5 Å². The molecule has 1 aromatic rings. The Hall–Kier alpha value is -0.980. The highest BCUT2D eigenvalue weighted by atomic mass is 35.5. The van der Waals surface area contributed by atoms with Gasteiger partial charge in [-0.25, -0.2) is 0 Å². The van der Waals surface area contributed by atoms with E-state index >= 15 is 0 Å². The number of halogens is 1. The van der Waals surface area contributed by atoms with Crippen LogP contribution in [0.4, 0.5) is 0 Å². The van der Waals surface area contributed by atoms with Gasteiger partial charge in [-0.05, 0) is 48.9 Å². The zero-order valence-electron chi connectivity index (χ0n) is 10.1. The van der Waals surface area contributed by atoms with Crippen LogP contribution in [0.2, 0.25) is 0 Å². The Morgan fingerprint density at radius 1 is 1.53 bits per heavy atom. The van der Waals surface area contributed by atoms with E-state index in [1.54, 1.807) is 23.9 Å². The fourth-order valence-corrected chi connectivity index (χ4v) is 2.47. The number of nitrogens with zero attached hydrogens (tertiary/aromatic N) is 1. The molecule has 0 N–H and O–H groups in total. The molecule has 90 valence electrons. The highest BCUT2D eigenvalue weighted by molar-refractivity contribution is 7.99. The predicted molar refractivity (Wildman–Crippen MR) is 71.7 cm³/mol. The molecule has 4 heteroatoms. The fourth-order valence-electron chi connectivity index (χ4n) is 1.41. The van der Waals surface area contributed by atoms with E-state index in [0.717, 1.165) is 16.2 Å². The third-order valence-corrected chi connectivity index (χ3v) is 3.64. The van der Waals surface area contributed by atoms with Gasteiger partial charge in [-0.15, -0.1) is 11.8 Å². The lowest BCUT2D eigenvalue weighted by Crippen LogP contribution is -2.14. The van der Waals surface area contributed by atoms with Crippen molar-refractivity contribution in [3.63, 3.8) is 0 Å². The van der Waals surface area contributed by atoms with E-state index in [-0.39, 0.29) is 0 Å². The van der Waals surface area contributed by atoms with E-state index < -0.39 is 10.7 Å². The second kappa shape index (κ2) is 5.57. The van der Waals surface area contributed by atoms with Crippen molar-refractivity contribution >= 4 is 28.6 Å². The highest BCUT2D eigenvalue weighted by Crippen LogP contribution is 2.30. The van der Waals surface area contributed by atoms with Crippen molar-refractivity contribution < 1.29 is 4.79 Å². The van der Waals surface area contributed by atoms with Crippen molar-refractivity contribution in [2.45, 2.75) is 31.1 Å². The van der Waals surface area contributed by atoms with Crippen LogP contribution in [0.25, 0.3) is 0 Å². The molecule has 0 saturated carbocycles. The van der Waals surface area contributed by atoms with Crippen molar-refractivity contribution in [1.29, 1.82) is 5.26 Å². The van der Waals surface area contributed by atoms with Gasteiger partial charge in [-0.2, -0.15) is 5.26 Å². The molecule has 0 spiro atoms. The first-order valence-electron chi connectivity index (χ1n) is 5.30. The first kappa shape index (κ1) is 14.1. The molecule has 0 fully saturated rings. The van der Waals surface area contributed by atoms with Gasteiger partial charge in [0.25, 0.3) is 5.24 Å². The van der Waals surface area contributed by atoms with E-state index in [4.69, 9.17) is 16.9 Å². The van der Waals surface area contributed by atoms with E-state index in [2.05, 4.69) is 6.07 Å². The van der Waals surface area contributed by atoms with Crippen LogP contribution in [0.5, 0.6) is 0 Å². The Morgan fingerprint density at radius 2 is 2.18 bits per heavy atom. The summed E-state index contributed by atoms with van der Waals surface area (Å²) in [7, 11) is 0. The van der Waals surface area contributed by atoms with Crippen LogP contribution in [0.3, 0.4) is 0 Å². The van der Waals surface area contributed by atoms with Gasteiger partial charge in [0, 0.05) is 10.5 Å². The van der Waals surface area contributed by atoms with Crippen molar-refractivity contribution in [3.05, 3.63) is 29.3 Å². The lowest BCUT2D eigenvalue weighted by molar-refractivity contribution is 0.107. The van der Waals surface area contributed by atoms with E-state index in [0.29, 0.717) is 5.56 Å². The fraction of sp³-hybridized carbons (Fsp3) is 0.385. The zero-order valence-corrected chi connectivity index (χ0v) is 11.7. The van der Waals surface area contributed by atoms with E-state index in [1.165, 1.54) is 0 Å². The Morgan fingerprint density at radius 3 is 2.65 bits per heavy atom. The van der Waals surface area contributed by atoms with Crippen molar-refractivity contribution in [2.24, 2.45) is 0 Å². The summed E-state index contributed by atoms with van der Waals surface area (Å²) in [6, 6.07) is 7.62. The lowest BCUT2D eigenvalue weighted by Gasteiger charge is -2.17. The number of rotatable bonds is 4. The molecule has 0 bridgehead atoms. The second-order valence-electron chi connectivity index (χ2n) is 4.15. The quantitative estimate of drug-likeness (QED) is 0.612. The van der Waals surface area contributed by atoms with E-state index in [1.807, 2.05) is 26.8 Å². The normalized spacial score (nSPS) is 11.0. The van der Waals surface area contributed by atoms with Crippen LogP contribution in [-0.4, -0.2) is 11.0 Å². The maximum absolute atomic E-state index is 11.3. The topological polar surface area (TPSA) is 40.9 Å². The number of nitriles is 1. The number of hydrogen-bond donors (Lipinski definition) is 0. The average molecular weight is 268 g/mol. The number of carbonyl (C=O) groups is 1. The molecule has 0 aliphatic rings. The number of thioether (sulfide) groups is 1. The smallest absolute Gasteiger partial charge is 0.253 e. The van der Waals surface area contributed by atoms with Gasteiger partial charge in [-0.1, -0.05) is 13.0 Å². The third-order valence-electron chi connectivity index (χ3n) is 2.49. The molecule has 0 aromatic heterocycles. The van der Waals surface area contributed by atoms with E-state index in [9.17, 15) is 4.79 Å². The Balaban J connectivity index is 3.29. The molecular weight excluding hydrogens is 254 g/mol. The molecule has 0 amide bonds. The molecule has 1 rings (SSSR count). The average Bonchev–Trinajstić information content (AvgIpc) is 2.29. The Bertz CT molecular complexity index is 477. The number of benzene rings is 1. The Kier molecular flexibility index (Phi) is 4.62. The number of carbonyl (C=O) groups excluding carboxylic acids is 1. The molecule has 2 nitrogen and oxygen atoms in total. The van der Waals surface area contributed by atoms with Gasteiger partial charge in [0.1, 0.15) is 0 Å². The standard InChI is InChI=1S/C13H14ClNOS/c1-4-17-11-7-9(13(2,3)8-15)5-6-10(11)12(14)16/h5-7H,4H2,1-3H3. The molecular formula is C13H14ClNOS. The predicted octanol–water partition coefficient (Wildman–Crippen LogP) is 3.98. The minimum absolute atomic E-state index is 0.456. The largest absolute Gasteiger partial charge is 0.276 e. The highest BCUT2D eigenvalue weighted by Gasteiger charge is 2.21. The van der Waals surface area contributed by atoms with Gasteiger partial charge in [-0.3, -0.25) is 4.79 Å². The molecule has 0 aliphatic carbocycles. The molecule has 0 radical (unpaired) electrons. The summed E-state index contributed by atoms with van der Waals surface area (Å²) >= 11 is 7.08. The van der Waals surface area contributed by atoms with Gasteiger partial charge in [0.2, 0.25) is 0 Å². The van der Waals surface area contributed by atoms with Crippen LogP contribution < -0.4 is 0 Å².